The summed E-state index contributed by atoms with van der Waals surface area (Å²) in [5.74, 6) is 0.0615. The Morgan fingerprint density at radius 2 is 2.26 bits per heavy atom. The third kappa shape index (κ3) is 3.38. The summed E-state index contributed by atoms with van der Waals surface area (Å²) in [5.41, 5.74) is 0.145. The zero-order valence-electron chi connectivity index (χ0n) is 11.1. The van der Waals surface area contributed by atoms with Crippen molar-refractivity contribution in [2.24, 2.45) is 5.92 Å². The van der Waals surface area contributed by atoms with E-state index < -0.39 is 0 Å². The summed E-state index contributed by atoms with van der Waals surface area (Å²) < 4.78 is 0. The minimum atomic E-state index is -0.265. The highest BCUT2D eigenvalue weighted by atomic mass is 16.3. The predicted octanol–water partition coefficient (Wildman–Crippen LogP) is 1.17. The zero-order chi connectivity index (χ0) is 13.8. The second-order valence-electron chi connectivity index (χ2n) is 5.10. The number of nitrogens with one attached hydrogen (secondary N) is 1. The average molecular weight is 264 g/mol. The number of amides is 1. The van der Waals surface area contributed by atoms with Crippen LogP contribution in [-0.4, -0.2) is 47.7 Å². The Bertz CT molecular complexity index is 456. The molecule has 1 aromatic carbocycles. The molecule has 2 rings (SSSR count). The number of piperidine rings is 1. The Morgan fingerprint density at radius 3 is 2.95 bits per heavy atom. The molecule has 5 heteroatoms. The van der Waals surface area contributed by atoms with E-state index in [1.54, 1.807) is 11.9 Å². The molecule has 1 aliphatic rings. The van der Waals surface area contributed by atoms with Crippen molar-refractivity contribution in [1.29, 1.82) is 0 Å². The topological polar surface area (TPSA) is 72.8 Å². The highest BCUT2D eigenvalue weighted by molar-refractivity contribution is 5.97. The van der Waals surface area contributed by atoms with E-state index in [2.05, 4.69) is 5.32 Å². The first kappa shape index (κ1) is 13.7. The van der Waals surface area contributed by atoms with Crippen LogP contribution in [0.3, 0.4) is 0 Å². The van der Waals surface area contributed by atoms with Gasteiger partial charge >= 0.3 is 0 Å². The molecule has 1 fully saturated rings. The summed E-state index contributed by atoms with van der Waals surface area (Å²) in [7, 11) is 1.72. The summed E-state index contributed by atoms with van der Waals surface area (Å²) in [6.07, 6.45) is 2.24. The van der Waals surface area contributed by atoms with Gasteiger partial charge in [-0.2, -0.15) is 0 Å². The van der Waals surface area contributed by atoms with Crippen LogP contribution in [0.1, 0.15) is 23.2 Å². The number of carbonyl (C=O) groups is 1. The molecule has 5 nitrogen and oxygen atoms in total. The predicted molar refractivity (Wildman–Crippen MR) is 72.3 cm³/mol. The summed E-state index contributed by atoms with van der Waals surface area (Å²) >= 11 is 0. The zero-order valence-corrected chi connectivity index (χ0v) is 11.1. The van der Waals surface area contributed by atoms with Gasteiger partial charge in [0.2, 0.25) is 0 Å². The molecule has 0 bridgehead atoms. The minimum absolute atomic E-state index is 0.0196. The van der Waals surface area contributed by atoms with Crippen LogP contribution in [-0.2, 0) is 0 Å². The number of phenols is 2. The number of nitrogens with zero attached hydrogens (tertiary/aromatic N) is 1. The Kier molecular flexibility index (Phi) is 4.27. The lowest BCUT2D eigenvalue weighted by Crippen LogP contribution is -2.39. The quantitative estimate of drug-likeness (QED) is 0.717. The van der Waals surface area contributed by atoms with Crippen molar-refractivity contribution in [3.05, 3.63) is 23.8 Å². The Morgan fingerprint density at radius 1 is 1.47 bits per heavy atom. The van der Waals surface area contributed by atoms with E-state index in [1.807, 2.05) is 0 Å². The fourth-order valence-electron chi connectivity index (χ4n) is 2.45. The van der Waals surface area contributed by atoms with E-state index in [-0.39, 0.29) is 23.0 Å². The maximum atomic E-state index is 12.2. The van der Waals surface area contributed by atoms with Crippen LogP contribution in [0.25, 0.3) is 0 Å². The SMILES string of the molecule is CN(CC1CCCNC1)C(=O)c1cc(O)ccc1O. The van der Waals surface area contributed by atoms with Gasteiger partial charge in [-0.25, -0.2) is 0 Å². The molecule has 0 spiro atoms. The van der Waals surface area contributed by atoms with Crippen LogP contribution in [0.5, 0.6) is 11.5 Å². The molecule has 1 atom stereocenters. The van der Waals surface area contributed by atoms with Crippen LogP contribution in [0, 0.1) is 5.92 Å². The normalized spacial score (nSPS) is 19.1. The van der Waals surface area contributed by atoms with Gasteiger partial charge in [0.05, 0.1) is 5.56 Å². The molecule has 0 saturated carbocycles. The number of hydrogen-bond donors (Lipinski definition) is 3. The molecule has 1 heterocycles. The number of benzene rings is 1. The highest BCUT2D eigenvalue weighted by Gasteiger charge is 2.21. The lowest BCUT2D eigenvalue weighted by molar-refractivity contribution is 0.0761. The van der Waals surface area contributed by atoms with E-state index >= 15 is 0 Å². The van der Waals surface area contributed by atoms with E-state index in [0.29, 0.717) is 12.5 Å². The molecule has 104 valence electrons. The standard InChI is InChI=1S/C14H20N2O3/c1-16(9-10-3-2-6-15-8-10)14(19)12-7-11(17)4-5-13(12)18/h4-5,7,10,15,17-18H,2-3,6,8-9H2,1H3. The Hall–Kier alpha value is -1.75. The van der Waals surface area contributed by atoms with E-state index in [4.69, 9.17) is 0 Å². The summed E-state index contributed by atoms with van der Waals surface area (Å²) in [4.78, 5) is 13.8. The molecular formula is C14H20N2O3. The van der Waals surface area contributed by atoms with Gasteiger partial charge in [-0.1, -0.05) is 0 Å². The lowest BCUT2D eigenvalue weighted by Gasteiger charge is -2.27. The minimum Gasteiger partial charge on any atom is -0.508 e. The largest absolute Gasteiger partial charge is 0.508 e. The van der Waals surface area contributed by atoms with Crippen molar-refractivity contribution in [3.8, 4) is 11.5 Å². The molecule has 1 aliphatic heterocycles. The first-order valence-corrected chi connectivity index (χ1v) is 6.56. The summed E-state index contributed by atoms with van der Waals surface area (Å²) in [6, 6.07) is 3.99. The number of hydrogen-bond acceptors (Lipinski definition) is 4. The molecule has 0 aliphatic carbocycles. The molecule has 1 saturated heterocycles. The van der Waals surface area contributed by atoms with E-state index in [1.165, 1.54) is 18.2 Å². The first-order chi connectivity index (χ1) is 9.08. The second kappa shape index (κ2) is 5.93. The van der Waals surface area contributed by atoms with Crippen LogP contribution >= 0.6 is 0 Å². The van der Waals surface area contributed by atoms with Gasteiger partial charge < -0.3 is 20.4 Å². The molecule has 1 amide bonds. The lowest BCUT2D eigenvalue weighted by atomic mass is 9.99. The maximum absolute atomic E-state index is 12.2. The third-order valence-electron chi connectivity index (χ3n) is 3.49. The number of carbonyl (C=O) groups excluding carboxylic acids is 1. The van der Waals surface area contributed by atoms with Crippen LogP contribution in [0.15, 0.2) is 18.2 Å². The fourth-order valence-corrected chi connectivity index (χ4v) is 2.45. The van der Waals surface area contributed by atoms with Crippen molar-refractivity contribution in [3.63, 3.8) is 0 Å². The van der Waals surface area contributed by atoms with Crippen molar-refractivity contribution in [2.75, 3.05) is 26.7 Å². The van der Waals surface area contributed by atoms with Gasteiger partial charge in [0, 0.05) is 13.6 Å². The monoisotopic (exact) mass is 264 g/mol. The average Bonchev–Trinajstić information content (AvgIpc) is 2.42. The van der Waals surface area contributed by atoms with E-state index in [0.717, 1.165) is 25.9 Å². The van der Waals surface area contributed by atoms with Crippen molar-refractivity contribution in [2.45, 2.75) is 12.8 Å². The van der Waals surface area contributed by atoms with Gasteiger partial charge in [0.25, 0.3) is 5.91 Å². The summed E-state index contributed by atoms with van der Waals surface area (Å²) in [5, 5.41) is 22.4. The van der Waals surface area contributed by atoms with Crippen LogP contribution in [0.2, 0.25) is 0 Å². The number of rotatable bonds is 3. The van der Waals surface area contributed by atoms with Gasteiger partial charge in [0.1, 0.15) is 11.5 Å². The molecule has 0 aromatic heterocycles. The van der Waals surface area contributed by atoms with Gasteiger partial charge in [-0.05, 0) is 50.0 Å². The fraction of sp³-hybridized carbons (Fsp3) is 0.500. The van der Waals surface area contributed by atoms with Gasteiger partial charge in [-0.3, -0.25) is 4.79 Å². The molecule has 3 N–H and O–H groups in total. The molecule has 1 unspecified atom stereocenters. The van der Waals surface area contributed by atoms with Crippen molar-refractivity contribution >= 4 is 5.91 Å². The highest BCUT2D eigenvalue weighted by Crippen LogP contribution is 2.23. The number of aromatic hydroxyl groups is 2. The van der Waals surface area contributed by atoms with Gasteiger partial charge in [0.15, 0.2) is 0 Å². The smallest absolute Gasteiger partial charge is 0.257 e. The van der Waals surface area contributed by atoms with Gasteiger partial charge in [-0.15, -0.1) is 0 Å². The third-order valence-corrected chi connectivity index (χ3v) is 3.49. The molecule has 1 aromatic rings. The van der Waals surface area contributed by atoms with Crippen molar-refractivity contribution in [1.82, 2.24) is 10.2 Å². The summed E-state index contributed by atoms with van der Waals surface area (Å²) in [6.45, 7) is 2.62. The van der Waals surface area contributed by atoms with Crippen LogP contribution < -0.4 is 5.32 Å². The van der Waals surface area contributed by atoms with E-state index in [9.17, 15) is 15.0 Å². The maximum Gasteiger partial charge on any atom is 0.257 e. The molecule has 19 heavy (non-hydrogen) atoms. The van der Waals surface area contributed by atoms with Crippen molar-refractivity contribution < 1.29 is 15.0 Å². The second-order valence-corrected chi connectivity index (χ2v) is 5.10. The first-order valence-electron chi connectivity index (χ1n) is 6.56. The Labute approximate surface area is 112 Å². The Balaban J connectivity index is 2.03. The molecular weight excluding hydrogens is 244 g/mol. The molecule has 0 radical (unpaired) electrons. The number of phenolic OH excluding ortho intramolecular Hbond substituents is 2. The van der Waals surface area contributed by atoms with Crippen LogP contribution in [0.4, 0.5) is 0 Å².